The van der Waals surface area contributed by atoms with Gasteiger partial charge in [-0.3, -0.25) is 0 Å². The van der Waals surface area contributed by atoms with Gasteiger partial charge in [-0.25, -0.2) is 14.2 Å². The predicted octanol–water partition coefficient (Wildman–Crippen LogP) is 3.50. The zero-order valence-electron chi connectivity index (χ0n) is 10.9. The third-order valence-electron chi connectivity index (χ3n) is 3.10. The van der Waals surface area contributed by atoms with Crippen LogP contribution in [-0.4, -0.2) is 20.6 Å². The molecule has 2 heterocycles. The van der Waals surface area contributed by atoms with Crippen LogP contribution >= 0.6 is 11.3 Å². The van der Waals surface area contributed by atoms with Crippen LogP contribution in [0, 0.1) is 5.82 Å². The van der Waals surface area contributed by atoms with E-state index in [4.69, 9.17) is 0 Å². The highest BCUT2D eigenvalue weighted by Gasteiger charge is 2.14. The molecule has 6 heteroatoms. The van der Waals surface area contributed by atoms with Crippen molar-refractivity contribution in [2.45, 2.75) is 6.54 Å². The van der Waals surface area contributed by atoms with Crippen LogP contribution in [0.5, 0.6) is 0 Å². The first-order valence-electron chi connectivity index (χ1n) is 6.22. The molecule has 3 aromatic rings. The molecule has 4 nitrogen and oxygen atoms in total. The summed E-state index contributed by atoms with van der Waals surface area (Å²) in [6.07, 6.45) is 3.45. The Labute approximate surface area is 124 Å². The highest BCUT2D eigenvalue weighted by Crippen LogP contribution is 2.24. The second-order valence-corrected chi connectivity index (χ2v) is 5.41. The molecule has 106 valence electrons. The van der Waals surface area contributed by atoms with Gasteiger partial charge in [0, 0.05) is 18.9 Å². The second-order valence-electron chi connectivity index (χ2n) is 4.46. The van der Waals surface area contributed by atoms with E-state index in [-0.39, 0.29) is 5.56 Å². The number of carboxylic acids is 1. The number of hydrogen-bond donors (Lipinski definition) is 1. The number of hydrogen-bond acceptors (Lipinski definition) is 3. The van der Waals surface area contributed by atoms with Crippen LogP contribution in [-0.2, 0) is 6.54 Å². The van der Waals surface area contributed by atoms with Crippen molar-refractivity contribution in [3.05, 3.63) is 65.0 Å². The van der Waals surface area contributed by atoms with Crippen molar-refractivity contribution in [2.75, 3.05) is 0 Å². The number of rotatable bonds is 4. The van der Waals surface area contributed by atoms with Gasteiger partial charge in [0.1, 0.15) is 11.6 Å². The summed E-state index contributed by atoms with van der Waals surface area (Å²) in [6.45, 7) is 0.329. The van der Waals surface area contributed by atoms with Crippen LogP contribution in [0.15, 0.2) is 48.1 Å². The molecule has 0 spiro atoms. The summed E-state index contributed by atoms with van der Waals surface area (Å²) in [5.41, 5.74) is 0.514. The van der Waals surface area contributed by atoms with Crippen LogP contribution in [0.25, 0.3) is 10.7 Å². The van der Waals surface area contributed by atoms with Gasteiger partial charge in [0.05, 0.1) is 10.4 Å². The molecular weight excluding hydrogens is 291 g/mol. The van der Waals surface area contributed by atoms with E-state index >= 15 is 0 Å². The van der Waals surface area contributed by atoms with Crippen LogP contribution in [0.3, 0.4) is 0 Å². The fraction of sp³-hybridized carbons (Fsp3) is 0.0667. The van der Waals surface area contributed by atoms with E-state index in [0.29, 0.717) is 12.1 Å². The molecule has 0 atom stereocenters. The lowest BCUT2D eigenvalue weighted by Gasteiger charge is -2.09. The number of halogens is 1. The van der Waals surface area contributed by atoms with E-state index in [9.17, 15) is 14.3 Å². The lowest BCUT2D eigenvalue weighted by molar-refractivity contribution is 0.0695. The maximum atomic E-state index is 13.2. The Hall–Kier alpha value is -2.47. The number of nitrogens with zero attached hydrogens (tertiary/aromatic N) is 2. The van der Waals surface area contributed by atoms with E-state index in [2.05, 4.69) is 4.98 Å². The summed E-state index contributed by atoms with van der Waals surface area (Å²) in [5, 5.41) is 11.1. The predicted molar refractivity (Wildman–Crippen MR) is 78.0 cm³/mol. The standard InChI is InChI=1S/C15H11FN2O2S/c16-11-4-3-10(12(8-11)15(19)20)9-18-6-5-17-14(18)13-2-1-7-21-13/h1-8H,9H2,(H,19,20). The number of aromatic nitrogens is 2. The van der Waals surface area contributed by atoms with E-state index in [1.165, 1.54) is 12.1 Å². The van der Waals surface area contributed by atoms with Gasteiger partial charge < -0.3 is 9.67 Å². The number of benzene rings is 1. The molecule has 0 bridgehead atoms. The molecule has 0 aliphatic carbocycles. The summed E-state index contributed by atoms with van der Waals surface area (Å²) in [4.78, 5) is 16.5. The molecule has 0 fully saturated rings. The molecule has 0 amide bonds. The molecule has 1 aromatic carbocycles. The zero-order chi connectivity index (χ0) is 14.8. The molecule has 0 aliphatic heterocycles. The van der Waals surface area contributed by atoms with Gasteiger partial charge in [0.2, 0.25) is 0 Å². The third kappa shape index (κ3) is 2.71. The lowest BCUT2D eigenvalue weighted by atomic mass is 10.1. The van der Waals surface area contributed by atoms with Crippen molar-refractivity contribution < 1.29 is 14.3 Å². The molecule has 1 N–H and O–H groups in total. The smallest absolute Gasteiger partial charge is 0.336 e. The molecule has 2 aromatic heterocycles. The van der Waals surface area contributed by atoms with Crippen LogP contribution < -0.4 is 0 Å². The van der Waals surface area contributed by atoms with E-state index < -0.39 is 11.8 Å². The number of thiophene rings is 1. The molecule has 0 unspecified atom stereocenters. The second kappa shape index (κ2) is 5.49. The Morgan fingerprint density at radius 1 is 1.38 bits per heavy atom. The average Bonchev–Trinajstić information content (AvgIpc) is 3.11. The van der Waals surface area contributed by atoms with Gasteiger partial charge in [-0.15, -0.1) is 11.3 Å². The van der Waals surface area contributed by atoms with Gasteiger partial charge in [0.25, 0.3) is 0 Å². The number of carboxylic acid groups (broad SMARTS) is 1. The average molecular weight is 302 g/mol. The van der Waals surface area contributed by atoms with Gasteiger partial charge in [-0.1, -0.05) is 12.1 Å². The zero-order valence-corrected chi connectivity index (χ0v) is 11.7. The van der Waals surface area contributed by atoms with Crippen molar-refractivity contribution in [1.29, 1.82) is 0 Å². The van der Waals surface area contributed by atoms with Crippen molar-refractivity contribution in [3.63, 3.8) is 0 Å². The van der Waals surface area contributed by atoms with Crippen molar-refractivity contribution in [3.8, 4) is 10.7 Å². The first kappa shape index (κ1) is 13.5. The Bertz CT molecular complexity index is 781. The van der Waals surface area contributed by atoms with Crippen molar-refractivity contribution in [2.24, 2.45) is 0 Å². The molecule has 0 radical (unpaired) electrons. The molecule has 0 saturated heterocycles. The molecule has 0 saturated carbocycles. The minimum atomic E-state index is -1.14. The fourth-order valence-electron chi connectivity index (χ4n) is 2.14. The normalized spacial score (nSPS) is 10.7. The number of aromatic carboxylic acids is 1. The third-order valence-corrected chi connectivity index (χ3v) is 3.97. The minimum Gasteiger partial charge on any atom is -0.478 e. The maximum absolute atomic E-state index is 13.2. The van der Waals surface area contributed by atoms with Gasteiger partial charge in [0.15, 0.2) is 0 Å². The monoisotopic (exact) mass is 302 g/mol. The molecule has 0 aliphatic rings. The van der Waals surface area contributed by atoms with Crippen molar-refractivity contribution in [1.82, 2.24) is 9.55 Å². The SMILES string of the molecule is O=C(O)c1cc(F)ccc1Cn1ccnc1-c1cccs1. The van der Waals surface area contributed by atoms with E-state index in [1.807, 2.05) is 22.1 Å². The molecule has 3 rings (SSSR count). The Morgan fingerprint density at radius 2 is 2.24 bits per heavy atom. The first-order valence-corrected chi connectivity index (χ1v) is 7.10. The highest BCUT2D eigenvalue weighted by molar-refractivity contribution is 7.13. The summed E-state index contributed by atoms with van der Waals surface area (Å²) < 4.78 is 15.1. The summed E-state index contributed by atoms with van der Waals surface area (Å²) in [5.74, 6) is -0.923. The Balaban J connectivity index is 1.99. The van der Waals surface area contributed by atoms with Crippen LogP contribution in [0.4, 0.5) is 4.39 Å². The molecule has 21 heavy (non-hydrogen) atoms. The van der Waals surface area contributed by atoms with Gasteiger partial charge in [-0.2, -0.15) is 0 Å². The quantitative estimate of drug-likeness (QED) is 0.802. The molecular formula is C15H11FN2O2S. The van der Waals surface area contributed by atoms with Crippen LogP contribution in [0.2, 0.25) is 0 Å². The van der Waals surface area contributed by atoms with Crippen LogP contribution in [0.1, 0.15) is 15.9 Å². The highest BCUT2D eigenvalue weighted by atomic mass is 32.1. The summed E-state index contributed by atoms with van der Waals surface area (Å²) in [6, 6.07) is 7.69. The van der Waals surface area contributed by atoms with E-state index in [0.717, 1.165) is 16.8 Å². The summed E-state index contributed by atoms with van der Waals surface area (Å²) in [7, 11) is 0. The summed E-state index contributed by atoms with van der Waals surface area (Å²) >= 11 is 1.56. The van der Waals surface area contributed by atoms with Gasteiger partial charge >= 0.3 is 5.97 Å². The lowest BCUT2D eigenvalue weighted by Crippen LogP contribution is -2.08. The number of imidazole rings is 1. The Kier molecular flexibility index (Phi) is 3.53. The largest absolute Gasteiger partial charge is 0.478 e. The maximum Gasteiger partial charge on any atom is 0.336 e. The topological polar surface area (TPSA) is 55.1 Å². The van der Waals surface area contributed by atoms with Crippen molar-refractivity contribution >= 4 is 17.3 Å². The first-order chi connectivity index (χ1) is 10.1. The van der Waals surface area contributed by atoms with Gasteiger partial charge in [-0.05, 0) is 29.1 Å². The number of carbonyl (C=O) groups is 1. The minimum absolute atomic E-state index is 0.0270. The fourth-order valence-corrected chi connectivity index (χ4v) is 2.87. The van der Waals surface area contributed by atoms with E-state index in [1.54, 1.807) is 23.7 Å². The Morgan fingerprint density at radius 3 is 2.95 bits per heavy atom.